The molecule has 1 fully saturated rings. The maximum Gasteiger partial charge on any atom is 0.224 e. The molecule has 1 aliphatic heterocycles. The van der Waals surface area contributed by atoms with E-state index in [0.717, 1.165) is 42.8 Å². The second kappa shape index (κ2) is 6.80. The first-order valence-corrected chi connectivity index (χ1v) is 8.30. The number of ether oxygens (including phenoxy) is 1. The van der Waals surface area contributed by atoms with E-state index in [1.807, 2.05) is 6.07 Å². The van der Waals surface area contributed by atoms with Gasteiger partial charge in [0.05, 0.1) is 18.0 Å². The fraction of sp³-hybridized carbons (Fsp3) is 0.278. The second-order valence-corrected chi connectivity index (χ2v) is 5.90. The van der Waals surface area contributed by atoms with Crippen molar-refractivity contribution in [2.24, 2.45) is 0 Å². The van der Waals surface area contributed by atoms with Crippen molar-refractivity contribution in [3.05, 3.63) is 42.6 Å². The lowest BCUT2D eigenvalue weighted by atomic mass is 10.2. The van der Waals surface area contributed by atoms with Crippen LogP contribution in [0.1, 0.15) is 5.69 Å². The molecule has 8 heteroatoms. The number of benzene rings is 1. The van der Waals surface area contributed by atoms with Crippen LogP contribution in [-0.2, 0) is 0 Å². The third-order valence-electron chi connectivity index (χ3n) is 4.50. The van der Waals surface area contributed by atoms with Crippen LogP contribution in [-0.4, -0.2) is 53.2 Å². The van der Waals surface area contributed by atoms with Crippen molar-refractivity contribution in [2.75, 3.05) is 43.1 Å². The number of anilines is 2. The summed E-state index contributed by atoms with van der Waals surface area (Å²) in [6.45, 7) is 3.19. The van der Waals surface area contributed by atoms with Gasteiger partial charge in [0, 0.05) is 44.3 Å². The Labute approximate surface area is 150 Å². The smallest absolute Gasteiger partial charge is 0.224 e. The van der Waals surface area contributed by atoms with E-state index in [2.05, 4.69) is 47.9 Å². The van der Waals surface area contributed by atoms with Gasteiger partial charge in [-0.1, -0.05) is 0 Å². The van der Waals surface area contributed by atoms with Crippen LogP contribution in [0.4, 0.5) is 11.5 Å². The van der Waals surface area contributed by atoms with Crippen LogP contribution >= 0.6 is 0 Å². The first-order valence-electron chi connectivity index (χ1n) is 8.30. The van der Waals surface area contributed by atoms with E-state index >= 15 is 0 Å². The lowest BCUT2D eigenvalue weighted by Gasteiger charge is -2.36. The molecule has 0 unspecified atom stereocenters. The first kappa shape index (κ1) is 16.0. The van der Waals surface area contributed by atoms with Gasteiger partial charge < -0.3 is 14.5 Å². The third-order valence-corrected chi connectivity index (χ3v) is 4.50. The highest BCUT2D eigenvalue weighted by atomic mass is 16.5. The first-order chi connectivity index (χ1) is 12.8. The van der Waals surface area contributed by atoms with Crippen molar-refractivity contribution >= 4 is 22.4 Å². The van der Waals surface area contributed by atoms with Crippen molar-refractivity contribution in [2.45, 2.75) is 0 Å². The molecule has 0 radical (unpaired) electrons. The summed E-state index contributed by atoms with van der Waals surface area (Å²) in [7, 11) is 1.61. The number of nitrogens with zero attached hydrogens (tertiary/aromatic N) is 7. The molecular weight excluding hydrogens is 330 g/mol. The summed E-state index contributed by atoms with van der Waals surface area (Å²) in [5.41, 5.74) is 2.33. The molecule has 2 aromatic heterocycles. The van der Waals surface area contributed by atoms with Gasteiger partial charge in [-0.05, 0) is 18.2 Å². The van der Waals surface area contributed by atoms with Crippen LogP contribution in [0.2, 0.25) is 0 Å². The minimum atomic E-state index is 0.369. The number of hydrogen-bond acceptors (Lipinski definition) is 8. The Morgan fingerprint density at radius 3 is 2.54 bits per heavy atom. The maximum atomic E-state index is 9.22. The number of piperazine rings is 1. The van der Waals surface area contributed by atoms with Gasteiger partial charge >= 0.3 is 0 Å². The SMILES string of the molecule is COc1ncnc2ccc(N3CCN(c4nccnc4C#N)CC3)cc12. The summed E-state index contributed by atoms with van der Waals surface area (Å²) < 4.78 is 5.35. The molecule has 0 amide bonds. The van der Waals surface area contributed by atoms with Crippen molar-refractivity contribution in [1.29, 1.82) is 5.26 Å². The topological polar surface area (TPSA) is 91.1 Å². The van der Waals surface area contributed by atoms with E-state index < -0.39 is 0 Å². The molecule has 26 heavy (non-hydrogen) atoms. The average Bonchev–Trinajstić information content (AvgIpc) is 2.73. The van der Waals surface area contributed by atoms with Gasteiger partial charge in [-0.3, -0.25) is 0 Å². The summed E-state index contributed by atoms with van der Waals surface area (Å²) in [6, 6.07) is 8.22. The molecule has 0 spiro atoms. The molecule has 0 atom stereocenters. The predicted octanol–water partition coefficient (Wildman–Crippen LogP) is 1.63. The summed E-state index contributed by atoms with van der Waals surface area (Å²) in [6.07, 6.45) is 4.67. The molecule has 3 aromatic rings. The highest BCUT2D eigenvalue weighted by Crippen LogP contribution is 2.27. The number of fused-ring (bicyclic) bond motifs is 1. The molecule has 8 nitrogen and oxygen atoms in total. The lowest BCUT2D eigenvalue weighted by molar-refractivity contribution is 0.402. The Morgan fingerprint density at radius 1 is 1.00 bits per heavy atom. The highest BCUT2D eigenvalue weighted by Gasteiger charge is 2.21. The zero-order valence-electron chi connectivity index (χ0n) is 14.3. The van der Waals surface area contributed by atoms with E-state index in [1.165, 1.54) is 6.33 Å². The summed E-state index contributed by atoms with van der Waals surface area (Å²) in [5, 5.41) is 10.1. The van der Waals surface area contributed by atoms with Gasteiger partial charge in [-0.15, -0.1) is 0 Å². The van der Waals surface area contributed by atoms with Crippen molar-refractivity contribution in [3.63, 3.8) is 0 Å². The Morgan fingerprint density at radius 2 is 1.77 bits per heavy atom. The van der Waals surface area contributed by atoms with Crippen molar-refractivity contribution in [1.82, 2.24) is 19.9 Å². The largest absolute Gasteiger partial charge is 0.480 e. The predicted molar refractivity (Wildman–Crippen MR) is 97.3 cm³/mol. The standard InChI is InChI=1S/C18H17N7O/c1-26-18-14-10-13(2-3-15(14)22-12-23-18)24-6-8-25(9-7-24)17-16(11-19)20-4-5-21-17/h2-5,10,12H,6-9H2,1H3. The highest BCUT2D eigenvalue weighted by molar-refractivity contribution is 5.86. The normalized spacial score (nSPS) is 14.3. The van der Waals surface area contributed by atoms with Gasteiger partial charge in [0.1, 0.15) is 12.4 Å². The molecule has 0 bridgehead atoms. The van der Waals surface area contributed by atoms with Gasteiger partial charge in [0.15, 0.2) is 11.5 Å². The van der Waals surface area contributed by atoms with E-state index in [-0.39, 0.29) is 0 Å². The van der Waals surface area contributed by atoms with Crippen molar-refractivity contribution < 1.29 is 4.74 Å². The van der Waals surface area contributed by atoms with Crippen LogP contribution in [0.3, 0.4) is 0 Å². The number of aromatic nitrogens is 4. The number of methoxy groups -OCH3 is 1. The zero-order valence-corrected chi connectivity index (χ0v) is 14.3. The second-order valence-electron chi connectivity index (χ2n) is 5.90. The molecule has 1 aliphatic rings. The number of nitriles is 1. The average molecular weight is 347 g/mol. The van der Waals surface area contributed by atoms with Gasteiger partial charge in [-0.2, -0.15) is 5.26 Å². The fourth-order valence-corrected chi connectivity index (χ4v) is 3.20. The summed E-state index contributed by atoms with van der Waals surface area (Å²) in [4.78, 5) is 21.3. The molecule has 0 aliphatic carbocycles. The third kappa shape index (κ3) is 2.84. The minimum absolute atomic E-state index is 0.369. The Hall–Kier alpha value is -3.47. The summed E-state index contributed by atoms with van der Waals surface area (Å²) in [5.74, 6) is 1.23. The fourth-order valence-electron chi connectivity index (χ4n) is 3.20. The number of rotatable bonds is 3. The van der Waals surface area contributed by atoms with E-state index in [9.17, 15) is 5.26 Å². The van der Waals surface area contributed by atoms with Gasteiger partial charge in [-0.25, -0.2) is 19.9 Å². The zero-order chi connectivity index (χ0) is 17.9. The maximum absolute atomic E-state index is 9.22. The molecule has 1 aromatic carbocycles. The quantitative estimate of drug-likeness (QED) is 0.706. The molecule has 130 valence electrons. The van der Waals surface area contributed by atoms with Crippen LogP contribution < -0.4 is 14.5 Å². The van der Waals surface area contributed by atoms with Crippen LogP contribution in [0, 0.1) is 11.3 Å². The molecule has 4 rings (SSSR count). The molecule has 0 N–H and O–H groups in total. The van der Waals surface area contributed by atoms with Gasteiger partial charge in [0.25, 0.3) is 0 Å². The van der Waals surface area contributed by atoms with E-state index in [0.29, 0.717) is 17.4 Å². The minimum Gasteiger partial charge on any atom is -0.480 e. The molecule has 3 heterocycles. The molecular formula is C18H17N7O. The summed E-state index contributed by atoms with van der Waals surface area (Å²) >= 11 is 0. The van der Waals surface area contributed by atoms with E-state index in [1.54, 1.807) is 19.5 Å². The van der Waals surface area contributed by atoms with Crippen LogP contribution in [0.5, 0.6) is 5.88 Å². The Kier molecular flexibility index (Phi) is 4.19. The Balaban J connectivity index is 1.55. The van der Waals surface area contributed by atoms with Crippen LogP contribution in [0.25, 0.3) is 10.9 Å². The number of hydrogen-bond donors (Lipinski definition) is 0. The van der Waals surface area contributed by atoms with Crippen molar-refractivity contribution in [3.8, 4) is 11.9 Å². The molecule has 0 saturated carbocycles. The monoisotopic (exact) mass is 347 g/mol. The van der Waals surface area contributed by atoms with Crippen LogP contribution in [0.15, 0.2) is 36.9 Å². The Bertz CT molecular complexity index is 977. The lowest BCUT2D eigenvalue weighted by Crippen LogP contribution is -2.47. The van der Waals surface area contributed by atoms with Gasteiger partial charge in [0.2, 0.25) is 5.88 Å². The molecule has 1 saturated heterocycles. The van der Waals surface area contributed by atoms with E-state index in [4.69, 9.17) is 4.74 Å².